The summed E-state index contributed by atoms with van der Waals surface area (Å²) in [4.78, 5) is 23.1. The zero-order chi connectivity index (χ0) is 16.3. The van der Waals surface area contributed by atoms with Crippen molar-refractivity contribution in [2.45, 2.75) is 0 Å². The van der Waals surface area contributed by atoms with Gasteiger partial charge in [-0.2, -0.15) is 5.10 Å². The van der Waals surface area contributed by atoms with Crippen molar-refractivity contribution in [2.24, 2.45) is 5.10 Å². The van der Waals surface area contributed by atoms with Gasteiger partial charge in [0.05, 0.1) is 0 Å². The highest BCUT2D eigenvalue weighted by molar-refractivity contribution is 5.95. The number of rotatable bonds is 4. The smallest absolute Gasteiger partial charge is 0.267 e. The maximum atomic E-state index is 11.7. The fourth-order valence-corrected chi connectivity index (χ4v) is 1.66. The molecule has 0 saturated carbocycles. The Kier molecular flexibility index (Phi) is 6.10. The second-order valence-corrected chi connectivity index (χ2v) is 4.43. The summed E-state index contributed by atoms with van der Waals surface area (Å²) in [7, 11) is 0. The molecule has 0 unspecified atom stereocenters. The minimum atomic E-state index is -0.640. The van der Waals surface area contributed by atoms with Gasteiger partial charge in [-0.25, -0.2) is 15.6 Å². The lowest BCUT2D eigenvalue weighted by molar-refractivity contribution is 0.0936. The molecule has 2 aromatic rings. The third-order valence-corrected chi connectivity index (χ3v) is 2.74. The van der Waals surface area contributed by atoms with Gasteiger partial charge in [0.1, 0.15) is 0 Å². The molecular weight excluding hydrogens is 292 g/mol. The third kappa shape index (κ3) is 5.84. The van der Waals surface area contributed by atoms with Gasteiger partial charge in [-0.3, -0.25) is 10.2 Å². The van der Waals surface area contributed by atoms with E-state index in [9.17, 15) is 9.59 Å². The number of benzene rings is 2. The summed E-state index contributed by atoms with van der Waals surface area (Å²) < 4.78 is 0. The molecule has 6 nitrogen and oxygen atoms in total. The highest BCUT2D eigenvalue weighted by Gasteiger charge is 2.04. The van der Waals surface area contributed by atoms with Crippen molar-refractivity contribution in [1.29, 1.82) is 0 Å². The van der Waals surface area contributed by atoms with Gasteiger partial charge < -0.3 is 0 Å². The van der Waals surface area contributed by atoms with Crippen LogP contribution >= 0.6 is 0 Å². The van der Waals surface area contributed by atoms with Crippen LogP contribution in [0.2, 0.25) is 0 Å². The van der Waals surface area contributed by atoms with Crippen molar-refractivity contribution < 1.29 is 9.59 Å². The Labute approximate surface area is 133 Å². The third-order valence-electron chi connectivity index (χ3n) is 2.74. The van der Waals surface area contributed by atoms with E-state index in [2.05, 4.69) is 21.4 Å². The van der Waals surface area contributed by atoms with Crippen molar-refractivity contribution in [3.8, 4) is 0 Å². The highest BCUT2D eigenvalue weighted by atomic mass is 16.2. The molecule has 0 aromatic heterocycles. The maximum Gasteiger partial charge on any atom is 0.353 e. The van der Waals surface area contributed by atoms with Gasteiger partial charge in [-0.05, 0) is 23.8 Å². The minimum absolute atomic E-state index is 0.409. The van der Waals surface area contributed by atoms with Gasteiger partial charge in [-0.15, -0.1) is 0 Å². The van der Waals surface area contributed by atoms with Crippen LogP contribution in [0.15, 0.2) is 71.8 Å². The first-order valence-electron chi connectivity index (χ1n) is 6.92. The largest absolute Gasteiger partial charge is 0.353 e. The number of carbonyl (C=O) groups excluding carboxylic acids is 2. The SMILES string of the molecule is O=C(N/N=C\C=C/c1ccccc1)NNC(=O)c1ccccc1. The summed E-state index contributed by atoms with van der Waals surface area (Å²) in [5.41, 5.74) is 8.18. The van der Waals surface area contributed by atoms with Crippen LogP contribution in [-0.2, 0) is 0 Å². The molecule has 0 saturated heterocycles. The Balaban J connectivity index is 1.70. The number of carbonyl (C=O) groups is 2. The molecule has 2 aromatic carbocycles. The van der Waals surface area contributed by atoms with E-state index < -0.39 is 11.9 Å². The zero-order valence-corrected chi connectivity index (χ0v) is 12.3. The van der Waals surface area contributed by atoms with E-state index in [4.69, 9.17) is 0 Å². The predicted molar refractivity (Wildman–Crippen MR) is 89.5 cm³/mol. The van der Waals surface area contributed by atoms with Crippen LogP contribution in [0.3, 0.4) is 0 Å². The average Bonchev–Trinajstić information content (AvgIpc) is 2.61. The number of nitrogens with zero attached hydrogens (tertiary/aromatic N) is 1. The molecule has 116 valence electrons. The molecule has 0 aliphatic heterocycles. The first-order valence-corrected chi connectivity index (χ1v) is 6.92. The van der Waals surface area contributed by atoms with E-state index in [1.165, 1.54) is 6.21 Å². The number of nitrogens with one attached hydrogen (secondary N) is 3. The van der Waals surface area contributed by atoms with Crippen LogP contribution in [0.1, 0.15) is 15.9 Å². The summed E-state index contributed by atoms with van der Waals surface area (Å²) in [5.74, 6) is -0.409. The van der Waals surface area contributed by atoms with Gasteiger partial charge in [0.2, 0.25) is 0 Å². The number of amides is 3. The number of hydrazone groups is 1. The minimum Gasteiger partial charge on any atom is -0.267 e. The predicted octanol–water partition coefficient (Wildman–Crippen LogP) is 2.33. The standard InChI is InChI=1S/C17H16N4O2/c22-16(15-11-5-2-6-12-15)19-21-17(23)20-18-13-7-10-14-8-3-1-4-9-14/h1-13H,(H,19,22)(H2,20,21,23)/b10-7-,18-13-. The molecule has 0 spiro atoms. The fourth-order valence-electron chi connectivity index (χ4n) is 1.66. The Morgan fingerprint density at radius 2 is 1.52 bits per heavy atom. The lowest BCUT2D eigenvalue weighted by Crippen LogP contribution is -2.45. The van der Waals surface area contributed by atoms with Gasteiger partial charge >= 0.3 is 6.03 Å². The molecule has 0 aliphatic carbocycles. The molecule has 3 N–H and O–H groups in total. The van der Waals surface area contributed by atoms with Crippen LogP contribution in [0.5, 0.6) is 0 Å². The number of allylic oxidation sites excluding steroid dienone is 1. The van der Waals surface area contributed by atoms with Gasteiger partial charge in [-0.1, -0.05) is 54.6 Å². The topological polar surface area (TPSA) is 82.6 Å². The van der Waals surface area contributed by atoms with Gasteiger partial charge in [0.25, 0.3) is 5.91 Å². The molecule has 0 fully saturated rings. The molecular formula is C17H16N4O2. The van der Waals surface area contributed by atoms with Crippen LogP contribution in [-0.4, -0.2) is 18.2 Å². The molecule has 0 radical (unpaired) electrons. The summed E-state index contributed by atoms with van der Waals surface area (Å²) in [6, 6.07) is 17.6. The molecule has 0 aliphatic rings. The van der Waals surface area contributed by atoms with E-state index in [1.54, 1.807) is 36.4 Å². The van der Waals surface area contributed by atoms with Gasteiger partial charge in [0, 0.05) is 11.8 Å². The first kappa shape index (κ1) is 16.0. The van der Waals surface area contributed by atoms with Crippen molar-refractivity contribution >= 4 is 24.2 Å². The van der Waals surface area contributed by atoms with Crippen LogP contribution in [0, 0.1) is 0 Å². The number of hydrogen-bond acceptors (Lipinski definition) is 3. The molecule has 0 bridgehead atoms. The number of hydrogen-bond donors (Lipinski definition) is 3. The van der Waals surface area contributed by atoms with Crippen molar-refractivity contribution in [3.63, 3.8) is 0 Å². The van der Waals surface area contributed by atoms with Crippen LogP contribution < -0.4 is 16.3 Å². The van der Waals surface area contributed by atoms with Crippen molar-refractivity contribution in [2.75, 3.05) is 0 Å². The quantitative estimate of drug-likeness (QED) is 0.598. The summed E-state index contributed by atoms with van der Waals surface area (Å²) in [6.07, 6.45) is 4.98. The normalized spacial score (nSPS) is 10.6. The summed E-state index contributed by atoms with van der Waals surface area (Å²) in [5, 5.41) is 3.71. The second kappa shape index (κ2) is 8.78. The number of urea groups is 1. The van der Waals surface area contributed by atoms with E-state index in [-0.39, 0.29) is 0 Å². The van der Waals surface area contributed by atoms with Crippen LogP contribution in [0.4, 0.5) is 4.79 Å². The van der Waals surface area contributed by atoms with Crippen molar-refractivity contribution in [3.05, 3.63) is 77.9 Å². The molecule has 0 atom stereocenters. The van der Waals surface area contributed by atoms with Crippen molar-refractivity contribution in [1.82, 2.24) is 16.3 Å². The molecule has 23 heavy (non-hydrogen) atoms. The Morgan fingerprint density at radius 3 is 2.22 bits per heavy atom. The van der Waals surface area contributed by atoms with E-state index in [0.717, 1.165) is 5.56 Å². The first-order chi connectivity index (χ1) is 11.3. The monoisotopic (exact) mass is 308 g/mol. The van der Waals surface area contributed by atoms with E-state index in [1.807, 2.05) is 36.4 Å². The van der Waals surface area contributed by atoms with Gasteiger partial charge in [0.15, 0.2) is 0 Å². The Bertz CT molecular complexity index is 697. The highest BCUT2D eigenvalue weighted by Crippen LogP contribution is 1.99. The fraction of sp³-hybridized carbons (Fsp3) is 0. The van der Waals surface area contributed by atoms with E-state index in [0.29, 0.717) is 5.56 Å². The zero-order valence-electron chi connectivity index (χ0n) is 12.3. The lowest BCUT2D eigenvalue weighted by atomic mass is 10.2. The molecule has 2 rings (SSSR count). The maximum absolute atomic E-state index is 11.7. The number of hydrazine groups is 1. The summed E-state index contributed by atoms with van der Waals surface area (Å²) in [6.45, 7) is 0. The molecule has 6 heteroatoms. The summed E-state index contributed by atoms with van der Waals surface area (Å²) >= 11 is 0. The second-order valence-electron chi connectivity index (χ2n) is 4.43. The lowest BCUT2D eigenvalue weighted by Gasteiger charge is -2.05. The molecule has 3 amide bonds. The van der Waals surface area contributed by atoms with E-state index >= 15 is 0 Å². The van der Waals surface area contributed by atoms with Crippen LogP contribution in [0.25, 0.3) is 6.08 Å². The average molecular weight is 308 g/mol. The Morgan fingerprint density at radius 1 is 0.870 bits per heavy atom. The Hall–Kier alpha value is -3.41. The molecule has 0 heterocycles.